The highest BCUT2D eigenvalue weighted by molar-refractivity contribution is 5.80. The second-order valence-corrected chi connectivity index (χ2v) is 5.17. The highest BCUT2D eigenvalue weighted by Gasteiger charge is 2.11. The Labute approximate surface area is 128 Å². The zero-order valence-electron chi connectivity index (χ0n) is 13.2. The van der Waals surface area contributed by atoms with E-state index in [1.165, 1.54) is 5.56 Å². The number of carbonyl (C=O) groups excluding carboxylic acids is 1. The number of hydrogen-bond acceptors (Lipinski definition) is 3. The number of ether oxygens (including phenoxy) is 1. The van der Waals surface area contributed by atoms with E-state index in [0.29, 0.717) is 6.61 Å². The van der Waals surface area contributed by atoms with Crippen LogP contribution < -0.4 is 10.6 Å². The Balaban J connectivity index is 1.99. The Kier molecular flexibility index (Phi) is 9.49. The van der Waals surface area contributed by atoms with Crippen LogP contribution in [-0.4, -0.2) is 31.7 Å². The average Bonchev–Trinajstić information content (AvgIpc) is 2.51. The van der Waals surface area contributed by atoms with Crippen molar-refractivity contribution in [2.24, 2.45) is 0 Å². The number of carbonyl (C=O) groups is 1. The third-order valence-corrected chi connectivity index (χ3v) is 3.24. The van der Waals surface area contributed by atoms with Crippen molar-refractivity contribution in [1.29, 1.82) is 0 Å². The molecule has 118 valence electrons. The monoisotopic (exact) mass is 292 g/mol. The van der Waals surface area contributed by atoms with E-state index in [-0.39, 0.29) is 12.0 Å². The van der Waals surface area contributed by atoms with Crippen molar-refractivity contribution < 1.29 is 9.53 Å². The molecule has 1 rings (SSSR count). The quantitative estimate of drug-likeness (QED) is 0.616. The summed E-state index contributed by atoms with van der Waals surface area (Å²) in [5.74, 6) is -0.0132. The molecular formula is C17H28N2O2. The fraction of sp³-hybridized carbons (Fsp3) is 0.588. The van der Waals surface area contributed by atoms with Crippen LogP contribution in [0.25, 0.3) is 0 Å². The molecule has 0 aliphatic heterocycles. The predicted octanol–water partition coefficient (Wildman–Crippen LogP) is 2.49. The lowest BCUT2D eigenvalue weighted by Gasteiger charge is -2.13. The molecule has 2 N–H and O–H groups in total. The molecule has 1 unspecified atom stereocenters. The average molecular weight is 292 g/mol. The third-order valence-electron chi connectivity index (χ3n) is 3.24. The molecule has 0 bridgehead atoms. The number of rotatable bonds is 11. The first-order valence-corrected chi connectivity index (χ1v) is 7.88. The van der Waals surface area contributed by atoms with Gasteiger partial charge in [-0.3, -0.25) is 4.79 Å². The van der Waals surface area contributed by atoms with Gasteiger partial charge in [0.2, 0.25) is 5.91 Å². The second-order valence-electron chi connectivity index (χ2n) is 5.17. The Morgan fingerprint density at radius 3 is 2.67 bits per heavy atom. The summed E-state index contributed by atoms with van der Waals surface area (Å²) in [6, 6.07) is 10.3. The van der Waals surface area contributed by atoms with Crippen LogP contribution in [0.4, 0.5) is 0 Å². The first kappa shape index (κ1) is 17.7. The van der Waals surface area contributed by atoms with Crippen molar-refractivity contribution in [1.82, 2.24) is 10.6 Å². The van der Waals surface area contributed by atoms with E-state index >= 15 is 0 Å². The molecule has 0 aliphatic carbocycles. The number of amides is 1. The summed E-state index contributed by atoms with van der Waals surface area (Å²) < 4.78 is 5.53. The summed E-state index contributed by atoms with van der Waals surface area (Å²) in [6.07, 6.45) is 2.64. The Bertz CT molecular complexity index is 382. The van der Waals surface area contributed by atoms with Crippen molar-refractivity contribution in [3.8, 4) is 0 Å². The van der Waals surface area contributed by atoms with E-state index < -0.39 is 0 Å². The molecule has 0 aliphatic rings. The summed E-state index contributed by atoms with van der Waals surface area (Å²) in [5.41, 5.74) is 1.28. The van der Waals surface area contributed by atoms with Gasteiger partial charge in [-0.2, -0.15) is 0 Å². The fourth-order valence-corrected chi connectivity index (χ4v) is 1.89. The number of nitrogens with one attached hydrogen (secondary N) is 2. The molecule has 0 saturated carbocycles. The predicted molar refractivity (Wildman–Crippen MR) is 86.1 cm³/mol. The summed E-state index contributed by atoms with van der Waals surface area (Å²) in [5, 5.41) is 6.24. The maximum Gasteiger partial charge on any atom is 0.248 e. The van der Waals surface area contributed by atoms with Crippen molar-refractivity contribution in [3.05, 3.63) is 35.9 Å². The van der Waals surface area contributed by atoms with Gasteiger partial charge < -0.3 is 15.4 Å². The lowest BCUT2D eigenvalue weighted by molar-refractivity contribution is -0.131. The summed E-state index contributed by atoms with van der Waals surface area (Å²) in [6.45, 7) is 7.01. The minimum absolute atomic E-state index is 0.0132. The molecule has 0 fully saturated rings. The highest BCUT2D eigenvalue weighted by atomic mass is 16.5. The molecule has 4 nitrogen and oxygen atoms in total. The summed E-state index contributed by atoms with van der Waals surface area (Å²) in [4.78, 5) is 11.7. The SMILES string of the molecule is CCCCNC(=O)C(C)OCCCNCc1ccccc1. The van der Waals surface area contributed by atoms with Gasteiger partial charge >= 0.3 is 0 Å². The summed E-state index contributed by atoms with van der Waals surface area (Å²) >= 11 is 0. The minimum Gasteiger partial charge on any atom is -0.369 e. The zero-order valence-corrected chi connectivity index (χ0v) is 13.2. The van der Waals surface area contributed by atoms with Crippen LogP contribution in [0, 0.1) is 0 Å². The van der Waals surface area contributed by atoms with Crippen molar-refractivity contribution >= 4 is 5.91 Å². The van der Waals surface area contributed by atoms with E-state index in [1.807, 2.05) is 18.2 Å². The Morgan fingerprint density at radius 2 is 1.95 bits per heavy atom. The molecule has 1 aromatic rings. The molecule has 0 saturated heterocycles. The Hall–Kier alpha value is -1.39. The minimum atomic E-state index is -0.365. The van der Waals surface area contributed by atoms with E-state index in [2.05, 4.69) is 29.7 Å². The Morgan fingerprint density at radius 1 is 1.19 bits per heavy atom. The van der Waals surface area contributed by atoms with Crippen LogP contribution in [0.5, 0.6) is 0 Å². The first-order valence-electron chi connectivity index (χ1n) is 7.88. The smallest absolute Gasteiger partial charge is 0.248 e. The fourth-order valence-electron chi connectivity index (χ4n) is 1.89. The lowest BCUT2D eigenvalue weighted by Crippen LogP contribution is -2.35. The molecule has 0 radical (unpaired) electrons. The van der Waals surface area contributed by atoms with Gasteiger partial charge in [0.1, 0.15) is 6.10 Å². The van der Waals surface area contributed by atoms with Crippen molar-refractivity contribution in [2.75, 3.05) is 19.7 Å². The molecule has 1 atom stereocenters. The second kappa shape index (κ2) is 11.3. The van der Waals surface area contributed by atoms with Crippen LogP contribution in [-0.2, 0) is 16.1 Å². The molecule has 4 heteroatoms. The van der Waals surface area contributed by atoms with Gasteiger partial charge in [-0.15, -0.1) is 0 Å². The standard InChI is InChI=1S/C17H28N2O2/c1-3-4-12-19-17(20)15(2)21-13-8-11-18-14-16-9-6-5-7-10-16/h5-7,9-10,15,18H,3-4,8,11-14H2,1-2H3,(H,19,20). The van der Waals surface area contributed by atoms with Crippen LogP contribution in [0.1, 0.15) is 38.7 Å². The molecule has 1 amide bonds. The van der Waals surface area contributed by atoms with Crippen molar-refractivity contribution in [2.45, 2.75) is 45.8 Å². The number of unbranched alkanes of at least 4 members (excludes halogenated alkanes) is 1. The van der Waals surface area contributed by atoms with E-state index in [9.17, 15) is 4.79 Å². The normalized spacial score (nSPS) is 12.1. The maximum absolute atomic E-state index is 11.7. The molecule has 0 spiro atoms. The van der Waals surface area contributed by atoms with E-state index in [0.717, 1.165) is 38.9 Å². The van der Waals surface area contributed by atoms with Crippen LogP contribution >= 0.6 is 0 Å². The van der Waals surface area contributed by atoms with Crippen LogP contribution in [0.15, 0.2) is 30.3 Å². The molecule has 0 aromatic heterocycles. The lowest BCUT2D eigenvalue weighted by atomic mass is 10.2. The molecule has 1 aromatic carbocycles. The molecular weight excluding hydrogens is 264 g/mol. The van der Waals surface area contributed by atoms with E-state index in [4.69, 9.17) is 4.74 Å². The first-order chi connectivity index (χ1) is 10.2. The van der Waals surface area contributed by atoms with Crippen LogP contribution in [0.2, 0.25) is 0 Å². The van der Waals surface area contributed by atoms with Gasteiger partial charge in [0.25, 0.3) is 0 Å². The zero-order chi connectivity index (χ0) is 15.3. The number of hydrogen-bond donors (Lipinski definition) is 2. The van der Waals surface area contributed by atoms with E-state index in [1.54, 1.807) is 6.92 Å². The molecule has 21 heavy (non-hydrogen) atoms. The van der Waals surface area contributed by atoms with Gasteiger partial charge in [-0.25, -0.2) is 0 Å². The highest BCUT2D eigenvalue weighted by Crippen LogP contribution is 1.97. The van der Waals surface area contributed by atoms with Gasteiger partial charge in [0.05, 0.1) is 0 Å². The van der Waals surface area contributed by atoms with Crippen molar-refractivity contribution in [3.63, 3.8) is 0 Å². The third kappa shape index (κ3) is 8.48. The maximum atomic E-state index is 11.7. The topological polar surface area (TPSA) is 50.4 Å². The van der Waals surface area contributed by atoms with Gasteiger partial charge in [-0.05, 0) is 31.9 Å². The molecule has 0 heterocycles. The van der Waals surface area contributed by atoms with Gasteiger partial charge in [0, 0.05) is 19.7 Å². The largest absolute Gasteiger partial charge is 0.369 e. The number of benzene rings is 1. The van der Waals surface area contributed by atoms with Gasteiger partial charge in [-0.1, -0.05) is 43.7 Å². The summed E-state index contributed by atoms with van der Waals surface area (Å²) in [7, 11) is 0. The van der Waals surface area contributed by atoms with Crippen LogP contribution in [0.3, 0.4) is 0 Å². The van der Waals surface area contributed by atoms with Gasteiger partial charge in [0.15, 0.2) is 0 Å².